The number of esters is 2. The summed E-state index contributed by atoms with van der Waals surface area (Å²) in [6.07, 6.45) is 4.65. The highest BCUT2D eigenvalue weighted by molar-refractivity contribution is 7.45. The summed E-state index contributed by atoms with van der Waals surface area (Å²) < 4.78 is 32.3. The number of unbranched alkanes of at least 4 members (excludes halogenated alkanes) is 1. The van der Waals surface area contributed by atoms with E-state index in [1.54, 1.807) is 34.6 Å². The Hall–Kier alpha value is -1.44. The predicted octanol–water partition coefficient (Wildman–Crippen LogP) is 2.99. The Labute approximate surface area is 232 Å². The molecule has 0 aliphatic carbocycles. The zero-order valence-electron chi connectivity index (χ0n) is 24.1. The van der Waals surface area contributed by atoms with Crippen LogP contribution in [0.4, 0.5) is 0 Å². The molecule has 2 atom stereocenters. The van der Waals surface area contributed by atoms with Gasteiger partial charge in [-0.3, -0.25) is 0 Å². The summed E-state index contributed by atoms with van der Waals surface area (Å²) in [7, 11) is -9.28. The number of aliphatic hydroxyl groups is 1. The normalized spacial score (nSPS) is 11.6. The summed E-state index contributed by atoms with van der Waals surface area (Å²) in [4.78, 5) is 64.0. The number of phosphoric acid groups is 2. The van der Waals surface area contributed by atoms with Crippen molar-refractivity contribution in [3.05, 3.63) is 24.3 Å². The third-order valence-corrected chi connectivity index (χ3v) is 3.50. The SMILES string of the molecule is C=C(C)C(=O)OCC.C=C(C)C(=O)OCC.CCCCC(CC)COCC(C)O.O=P(O)(O)O.O=P(O)(O)O. The molecule has 0 aromatic heterocycles. The minimum Gasteiger partial charge on any atom is -0.463 e. The lowest BCUT2D eigenvalue weighted by molar-refractivity contribution is -0.139. The Balaban J connectivity index is -0.000000130. The number of hydrogen-bond acceptors (Lipinski definition) is 8. The molecule has 0 rings (SSSR count). The summed E-state index contributed by atoms with van der Waals surface area (Å²) in [6, 6.07) is 0. The molecule has 0 aliphatic heterocycles. The van der Waals surface area contributed by atoms with Gasteiger partial charge in [0.05, 0.1) is 25.9 Å². The van der Waals surface area contributed by atoms with E-state index in [0.717, 1.165) is 6.61 Å². The molecule has 0 fully saturated rings. The highest BCUT2D eigenvalue weighted by Gasteiger charge is 2.06. The Morgan fingerprint density at radius 3 is 1.28 bits per heavy atom. The van der Waals surface area contributed by atoms with Crippen LogP contribution in [0.15, 0.2) is 24.3 Å². The van der Waals surface area contributed by atoms with Gasteiger partial charge in [-0.15, -0.1) is 0 Å². The fourth-order valence-electron chi connectivity index (χ4n) is 1.81. The van der Waals surface area contributed by atoms with Crippen molar-refractivity contribution in [3.63, 3.8) is 0 Å². The molecule has 2 unspecified atom stereocenters. The maximum Gasteiger partial charge on any atom is 0.466 e. The Morgan fingerprint density at radius 2 is 1.10 bits per heavy atom. The van der Waals surface area contributed by atoms with Crippen LogP contribution in [0, 0.1) is 5.92 Å². The van der Waals surface area contributed by atoms with Crippen molar-refractivity contribution in [2.45, 2.75) is 80.3 Å². The molecular weight excluding hydrogens is 562 g/mol. The van der Waals surface area contributed by atoms with Crippen LogP contribution >= 0.6 is 15.6 Å². The number of carbonyl (C=O) groups is 2. The molecule has 236 valence electrons. The van der Waals surface area contributed by atoms with Crippen LogP contribution < -0.4 is 0 Å². The zero-order chi connectivity index (χ0) is 32.2. The highest BCUT2D eigenvalue weighted by Crippen LogP contribution is 2.26. The second-order valence-corrected chi connectivity index (χ2v) is 9.88. The van der Waals surface area contributed by atoms with E-state index >= 15 is 0 Å². The van der Waals surface area contributed by atoms with Gasteiger partial charge < -0.3 is 48.7 Å². The second-order valence-electron chi connectivity index (χ2n) is 7.83. The summed E-state index contributed by atoms with van der Waals surface area (Å²) in [5.74, 6) is 0.0544. The largest absolute Gasteiger partial charge is 0.466 e. The molecule has 0 amide bonds. The second kappa shape index (κ2) is 29.5. The van der Waals surface area contributed by atoms with Crippen LogP contribution in [0.2, 0.25) is 0 Å². The Morgan fingerprint density at radius 1 is 0.769 bits per heavy atom. The number of ether oxygens (including phenoxy) is 3. The van der Waals surface area contributed by atoms with Crippen molar-refractivity contribution < 1.29 is 67.4 Å². The molecule has 0 aromatic rings. The maximum atomic E-state index is 10.4. The maximum absolute atomic E-state index is 10.4. The molecule has 0 heterocycles. The van der Waals surface area contributed by atoms with Crippen molar-refractivity contribution >= 4 is 27.6 Å². The van der Waals surface area contributed by atoms with Crippen LogP contribution in [-0.4, -0.2) is 78.9 Å². The van der Waals surface area contributed by atoms with E-state index in [4.69, 9.17) is 48.3 Å². The molecule has 39 heavy (non-hydrogen) atoms. The predicted molar refractivity (Wildman–Crippen MR) is 147 cm³/mol. The number of aliphatic hydroxyl groups excluding tert-OH is 1. The summed E-state index contributed by atoms with van der Waals surface area (Å²) in [5.41, 5.74) is 0.902. The monoisotopic (exact) mass is 612 g/mol. The topological polar surface area (TPSA) is 238 Å². The lowest BCUT2D eigenvalue weighted by atomic mass is 10.0. The van der Waals surface area contributed by atoms with Gasteiger partial charge in [0.1, 0.15) is 0 Å². The number of rotatable bonds is 12. The van der Waals surface area contributed by atoms with E-state index in [2.05, 4.69) is 36.5 Å². The average molecular weight is 613 g/mol. The molecule has 14 nitrogen and oxygen atoms in total. The highest BCUT2D eigenvalue weighted by atomic mass is 31.2. The van der Waals surface area contributed by atoms with Gasteiger partial charge in [0, 0.05) is 17.8 Å². The minimum atomic E-state index is -4.64. The van der Waals surface area contributed by atoms with Crippen LogP contribution in [0.3, 0.4) is 0 Å². The third kappa shape index (κ3) is 72.4. The smallest absolute Gasteiger partial charge is 0.463 e. The van der Waals surface area contributed by atoms with Crippen molar-refractivity contribution in [3.8, 4) is 0 Å². The molecule has 0 aliphatic rings. The Bertz CT molecular complexity index is 664. The van der Waals surface area contributed by atoms with Gasteiger partial charge in [0.25, 0.3) is 0 Å². The molecular formula is C23H50O14P2. The van der Waals surface area contributed by atoms with E-state index in [0.29, 0.717) is 36.9 Å². The van der Waals surface area contributed by atoms with Crippen molar-refractivity contribution in [1.29, 1.82) is 0 Å². The molecule has 0 saturated heterocycles. The lowest BCUT2D eigenvalue weighted by Crippen LogP contribution is -2.15. The van der Waals surface area contributed by atoms with Gasteiger partial charge in [0.2, 0.25) is 0 Å². The molecule has 0 bridgehead atoms. The molecule has 16 heteroatoms. The van der Waals surface area contributed by atoms with Gasteiger partial charge in [-0.25, -0.2) is 18.7 Å². The molecule has 0 aromatic carbocycles. The van der Waals surface area contributed by atoms with E-state index in [1.165, 1.54) is 25.7 Å². The van der Waals surface area contributed by atoms with Gasteiger partial charge in [-0.1, -0.05) is 46.3 Å². The lowest BCUT2D eigenvalue weighted by Gasteiger charge is -2.15. The van der Waals surface area contributed by atoms with E-state index in [1.807, 2.05) is 0 Å². The standard InChI is InChI=1S/C11H24O2.2C6H10O2.2H3O4P/c1-4-6-7-11(5-2)9-13-8-10(3)12;2*1-4-8-6(7)5(2)3;2*1-5(2,3)4/h10-12H,4-9H2,1-3H3;2*2,4H2,1,3H3;2*(H3,1,2,3,4). The van der Waals surface area contributed by atoms with Crippen LogP contribution in [-0.2, 0) is 32.9 Å². The van der Waals surface area contributed by atoms with Gasteiger partial charge in [0.15, 0.2) is 0 Å². The molecule has 0 radical (unpaired) electrons. The van der Waals surface area contributed by atoms with Crippen LogP contribution in [0.1, 0.15) is 74.1 Å². The number of hydrogen-bond donors (Lipinski definition) is 7. The first-order chi connectivity index (χ1) is 17.6. The fourth-order valence-corrected chi connectivity index (χ4v) is 1.81. The van der Waals surface area contributed by atoms with E-state index < -0.39 is 15.6 Å². The van der Waals surface area contributed by atoms with E-state index in [9.17, 15) is 9.59 Å². The van der Waals surface area contributed by atoms with Gasteiger partial charge >= 0.3 is 27.6 Å². The molecule has 0 saturated carbocycles. The minimum absolute atomic E-state index is 0.312. The molecule has 0 spiro atoms. The average Bonchev–Trinajstić information content (AvgIpc) is 2.74. The first-order valence-corrected chi connectivity index (χ1v) is 15.2. The van der Waals surface area contributed by atoms with E-state index in [-0.39, 0.29) is 18.0 Å². The van der Waals surface area contributed by atoms with Gasteiger partial charge in [-0.2, -0.15) is 0 Å². The summed E-state index contributed by atoms with van der Waals surface area (Å²) in [5, 5.41) is 8.99. The first-order valence-electron chi connectivity index (χ1n) is 12.0. The Kier molecular flexibility index (Phi) is 35.9. The molecule has 7 N–H and O–H groups in total. The fraction of sp³-hybridized carbons (Fsp3) is 0.739. The number of carbonyl (C=O) groups excluding carboxylic acids is 2. The van der Waals surface area contributed by atoms with Crippen LogP contribution in [0.5, 0.6) is 0 Å². The summed E-state index contributed by atoms with van der Waals surface area (Å²) in [6.45, 7) is 21.9. The first kappa shape index (κ1) is 47.4. The van der Waals surface area contributed by atoms with Gasteiger partial charge in [-0.05, 0) is 47.0 Å². The quantitative estimate of drug-likeness (QED) is 0.0953. The van der Waals surface area contributed by atoms with Crippen molar-refractivity contribution in [1.82, 2.24) is 0 Å². The van der Waals surface area contributed by atoms with Crippen molar-refractivity contribution in [2.75, 3.05) is 26.4 Å². The van der Waals surface area contributed by atoms with Crippen LogP contribution in [0.25, 0.3) is 0 Å². The zero-order valence-corrected chi connectivity index (χ0v) is 25.9. The summed E-state index contributed by atoms with van der Waals surface area (Å²) >= 11 is 0. The van der Waals surface area contributed by atoms with Crippen molar-refractivity contribution in [2.24, 2.45) is 5.92 Å². The third-order valence-electron chi connectivity index (χ3n) is 3.50.